The van der Waals surface area contributed by atoms with E-state index in [9.17, 15) is 14.0 Å². The predicted molar refractivity (Wildman–Crippen MR) is 71.1 cm³/mol. The van der Waals surface area contributed by atoms with E-state index in [0.29, 0.717) is 17.7 Å². The lowest BCUT2D eigenvalue weighted by molar-refractivity contribution is -0.118. The molecule has 5 heteroatoms. The minimum absolute atomic E-state index is 0.116. The third kappa shape index (κ3) is 4.35. The van der Waals surface area contributed by atoms with E-state index in [0.717, 1.165) is 12.8 Å². The summed E-state index contributed by atoms with van der Waals surface area (Å²) in [6, 6.07) is 4.16. The van der Waals surface area contributed by atoms with Gasteiger partial charge in [-0.1, -0.05) is 13.3 Å². The van der Waals surface area contributed by atoms with E-state index < -0.39 is 5.91 Å². The van der Waals surface area contributed by atoms with Crippen molar-refractivity contribution < 1.29 is 14.0 Å². The van der Waals surface area contributed by atoms with E-state index in [1.54, 1.807) is 6.92 Å². The van der Waals surface area contributed by atoms with E-state index in [-0.39, 0.29) is 18.3 Å². The summed E-state index contributed by atoms with van der Waals surface area (Å²) < 4.78 is 13.2. The fourth-order valence-electron chi connectivity index (χ4n) is 1.75. The van der Waals surface area contributed by atoms with Crippen LogP contribution in [0.1, 0.15) is 35.7 Å². The number of nitrogens with two attached hydrogens (primary N) is 1. The number of unbranched alkanes of at least 4 members (excludes halogenated alkanes) is 1. The third-order valence-electron chi connectivity index (χ3n) is 2.82. The van der Waals surface area contributed by atoms with Crippen molar-refractivity contribution in [2.75, 3.05) is 13.1 Å². The lowest BCUT2D eigenvalue weighted by Crippen LogP contribution is -2.39. The SMILES string of the molecule is CCCCN(CC(N)=O)C(=O)c1ccc(F)c(C)c1. The van der Waals surface area contributed by atoms with Crippen molar-refractivity contribution >= 4 is 11.8 Å². The normalized spacial score (nSPS) is 10.3. The second-order valence-corrected chi connectivity index (χ2v) is 4.51. The maximum atomic E-state index is 13.2. The topological polar surface area (TPSA) is 63.4 Å². The molecule has 0 aliphatic heterocycles. The summed E-state index contributed by atoms with van der Waals surface area (Å²) in [5.74, 6) is -1.20. The van der Waals surface area contributed by atoms with Crippen LogP contribution in [0.5, 0.6) is 0 Å². The van der Waals surface area contributed by atoms with Crippen molar-refractivity contribution in [3.05, 3.63) is 35.1 Å². The Labute approximate surface area is 112 Å². The molecular formula is C14H19FN2O2. The van der Waals surface area contributed by atoms with Crippen LogP contribution in [0, 0.1) is 12.7 Å². The van der Waals surface area contributed by atoms with Crippen LogP contribution in [0.15, 0.2) is 18.2 Å². The fraction of sp³-hybridized carbons (Fsp3) is 0.429. The number of carbonyl (C=O) groups is 2. The average Bonchev–Trinajstić information content (AvgIpc) is 2.36. The van der Waals surface area contributed by atoms with E-state index in [1.165, 1.54) is 23.1 Å². The summed E-state index contributed by atoms with van der Waals surface area (Å²) in [6.45, 7) is 3.94. The van der Waals surface area contributed by atoms with E-state index in [2.05, 4.69) is 0 Å². The summed E-state index contributed by atoms with van der Waals surface area (Å²) in [5.41, 5.74) is 5.92. The van der Waals surface area contributed by atoms with Gasteiger partial charge in [0.15, 0.2) is 0 Å². The molecule has 0 aromatic heterocycles. The third-order valence-corrected chi connectivity index (χ3v) is 2.82. The maximum Gasteiger partial charge on any atom is 0.254 e. The number of benzene rings is 1. The first-order chi connectivity index (χ1) is 8.95. The fourth-order valence-corrected chi connectivity index (χ4v) is 1.75. The van der Waals surface area contributed by atoms with Crippen molar-refractivity contribution in [3.8, 4) is 0 Å². The summed E-state index contributed by atoms with van der Waals surface area (Å²) in [6.07, 6.45) is 1.70. The smallest absolute Gasteiger partial charge is 0.254 e. The second-order valence-electron chi connectivity index (χ2n) is 4.51. The molecule has 0 aliphatic rings. The number of carbonyl (C=O) groups excluding carboxylic acids is 2. The van der Waals surface area contributed by atoms with Gasteiger partial charge in [-0.15, -0.1) is 0 Å². The molecule has 0 spiro atoms. The molecule has 1 aromatic rings. The molecule has 4 nitrogen and oxygen atoms in total. The van der Waals surface area contributed by atoms with Crippen LogP contribution < -0.4 is 5.73 Å². The van der Waals surface area contributed by atoms with Gasteiger partial charge in [-0.05, 0) is 37.1 Å². The largest absolute Gasteiger partial charge is 0.368 e. The molecule has 0 saturated carbocycles. The Morgan fingerprint density at radius 3 is 2.58 bits per heavy atom. The molecule has 0 saturated heterocycles. The average molecular weight is 266 g/mol. The van der Waals surface area contributed by atoms with Crippen molar-refractivity contribution in [1.29, 1.82) is 0 Å². The molecule has 0 atom stereocenters. The number of rotatable bonds is 6. The van der Waals surface area contributed by atoms with Crippen molar-refractivity contribution in [2.45, 2.75) is 26.7 Å². The second kappa shape index (κ2) is 6.87. The van der Waals surface area contributed by atoms with Crippen LogP contribution in [-0.2, 0) is 4.79 Å². The number of hydrogen-bond acceptors (Lipinski definition) is 2. The molecule has 0 unspecified atom stereocenters. The molecule has 0 bridgehead atoms. The van der Waals surface area contributed by atoms with E-state index in [1.807, 2.05) is 6.92 Å². The molecule has 2 N–H and O–H groups in total. The van der Waals surface area contributed by atoms with Gasteiger partial charge < -0.3 is 10.6 Å². The number of nitrogens with zero attached hydrogens (tertiary/aromatic N) is 1. The highest BCUT2D eigenvalue weighted by Gasteiger charge is 2.17. The van der Waals surface area contributed by atoms with Crippen LogP contribution in [0.2, 0.25) is 0 Å². The molecule has 0 fully saturated rings. The van der Waals surface area contributed by atoms with Crippen LogP contribution in [0.3, 0.4) is 0 Å². The molecule has 2 amide bonds. The van der Waals surface area contributed by atoms with Crippen molar-refractivity contribution in [2.24, 2.45) is 5.73 Å². The number of halogens is 1. The number of hydrogen-bond donors (Lipinski definition) is 1. The van der Waals surface area contributed by atoms with Gasteiger partial charge in [0.05, 0.1) is 6.54 Å². The van der Waals surface area contributed by atoms with Gasteiger partial charge in [0.2, 0.25) is 5.91 Å². The molecule has 1 aromatic carbocycles. The van der Waals surface area contributed by atoms with Gasteiger partial charge in [-0.25, -0.2) is 4.39 Å². The van der Waals surface area contributed by atoms with E-state index >= 15 is 0 Å². The maximum absolute atomic E-state index is 13.2. The highest BCUT2D eigenvalue weighted by molar-refractivity contribution is 5.96. The van der Waals surface area contributed by atoms with Gasteiger partial charge in [0, 0.05) is 12.1 Å². The highest BCUT2D eigenvalue weighted by Crippen LogP contribution is 2.12. The molecule has 104 valence electrons. The van der Waals surface area contributed by atoms with Crippen LogP contribution in [0.25, 0.3) is 0 Å². The molecule has 1 rings (SSSR count). The van der Waals surface area contributed by atoms with Crippen LogP contribution >= 0.6 is 0 Å². The van der Waals surface area contributed by atoms with Gasteiger partial charge in [0.25, 0.3) is 5.91 Å². The molecule has 0 aliphatic carbocycles. The highest BCUT2D eigenvalue weighted by atomic mass is 19.1. The molecule has 0 radical (unpaired) electrons. The lowest BCUT2D eigenvalue weighted by Gasteiger charge is -2.21. The summed E-state index contributed by atoms with van der Waals surface area (Å²) in [5, 5.41) is 0. The first-order valence-electron chi connectivity index (χ1n) is 6.29. The molecular weight excluding hydrogens is 247 g/mol. The van der Waals surface area contributed by atoms with E-state index in [4.69, 9.17) is 5.73 Å². The van der Waals surface area contributed by atoms with Crippen molar-refractivity contribution in [3.63, 3.8) is 0 Å². The minimum atomic E-state index is -0.553. The zero-order chi connectivity index (χ0) is 14.4. The van der Waals surface area contributed by atoms with Gasteiger partial charge in [-0.3, -0.25) is 9.59 Å². The Kier molecular flexibility index (Phi) is 5.48. The zero-order valence-electron chi connectivity index (χ0n) is 11.3. The first-order valence-corrected chi connectivity index (χ1v) is 6.29. The standard InChI is InChI=1S/C14H19FN2O2/c1-3-4-7-17(9-13(16)18)14(19)11-5-6-12(15)10(2)8-11/h5-6,8H,3-4,7,9H2,1-2H3,(H2,16,18). The molecule has 0 heterocycles. The summed E-state index contributed by atoms with van der Waals surface area (Å²) >= 11 is 0. The Bertz CT molecular complexity index is 475. The Hall–Kier alpha value is -1.91. The Morgan fingerprint density at radius 2 is 2.05 bits per heavy atom. The van der Waals surface area contributed by atoms with Gasteiger partial charge in [-0.2, -0.15) is 0 Å². The summed E-state index contributed by atoms with van der Waals surface area (Å²) in [7, 11) is 0. The lowest BCUT2D eigenvalue weighted by atomic mass is 10.1. The molecule has 19 heavy (non-hydrogen) atoms. The van der Waals surface area contributed by atoms with Crippen molar-refractivity contribution in [1.82, 2.24) is 4.90 Å². The zero-order valence-corrected chi connectivity index (χ0v) is 11.3. The van der Waals surface area contributed by atoms with Crippen LogP contribution in [-0.4, -0.2) is 29.8 Å². The predicted octanol–water partition coefficient (Wildman–Crippen LogP) is 1.86. The minimum Gasteiger partial charge on any atom is -0.368 e. The number of amides is 2. The van der Waals surface area contributed by atoms with Gasteiger partial charge in [0.1, 0.15) is 5.82 Å². The van der Waals surface area contributed by atoms with Crippen LogP contribution in [0.4, 0.5) is 4.39 Å². The monoisotopic (exact) mass is 266 g/mol. The first kappa shape index (κ1) is 15.1. The summed E-state index contributed by atoms with van der Waals surface area (Å²) in [4.78, 5) is 24.6. The number of aryl methyl sites for hydroxylation is 1. The quantitative estimate of drug-likeness (QED) is 0.854. The number of primary amides is 1. The Morgan fingerprint density at radius 1 is 1.37 bits per heavy atom. The Balaban J connectivity index is 2.90. The van der Waals surface area contributed by atoms with Gasteiger partial charge >= 0.3 is 0 Å².